The summed E-state index contributed by atoms with van der Waals surface area (Å²) in [5.41, 5.74) is 6.68. The topological polar surface area (TPSA) is 43.6 Å². The molecule has 2 heterocycles. The second-order valence-electron chi connectivity index (χ2n) is 7.02. The van der Waals surface area contributed by atoms with E-state index >= 15 is 0 Å². The summed E-state index contributed by atoms with van der Waals surface area (Å²) < 4.78 is 7.52. The third kappa shape index (κ3) is 3.31. The van der Waals surface area contributed by atoms with Gasteiger partial charge in [-0.15, -0.1) is 0 Å². The number of nitrogens with zero attached hydrogens (tertiary/aromatic N) is 2. The van der Waals surface area contributed by atoms with Crippen molar-refractivity contribution in [2.75, 3.05) is 6.61 Å². The van der Waals surface area contributed by atoms with Gasteiger partial charge in [0.15, 0.2) is 0 Å². The molecular formula is C23H22N2O2. The first-order valence-corrected chi connectivity index (χ1v) is 9.07. The lowest BCUT2D eigenvalue weighted by atomic mass is 10.0. The Kier molecular flexibility index (Phi) is 4.40. The van der Waals surface area contributed by atoms with Crippen molar-refractivity contribution in [3.05, 3.63) is 93.4 Å². The lowest BCUT2D eigenvalue weighted by molar-refractivity contribution is 0.319. The minimum Gasteiger partial charge on any atom is -0.475 e. The van der Waals surface area contributed by atoms with E-state index in [1.165, 1.54) is 11.1 Å². The maximum atomic E-state index is 11.6. The summed E-state index contributed by atoms with van der Waals surface area (Å²) in [6.45, 7) is 4.73. The summed E-state index contributed by atoms with van der Waals surface area (Å²) in [5, 5.41) is 0. The first-order chi connectivity index (χ1) is 13.0. The Hall–Kier alpha value is -3.14. The fraction of sp³-hybridized carbons (Fsp3) is 0.217. The van der Waals surface area contributed by atoms with Gasteiger partial charge in [-0.05, 0) is 47.7 Å². The molecule has 0 bridgehead atoms. The fourth-order valence-corrected chi connectivity index (χ4v) is 3.50. The summed E-state index contributed by atoms with van der Waals surface area (Å²) in [4.78, 5) is 16.4. The largest absolute Gasteiger partial charge is 0.475 e. The summed E-state index contributed by atoms with van der Waals surface area (Å²) in [6.07, 6.45) is 1.85. The predicted molar refractivity (Wildman–Crippen MR) is 108 cm³/mol. The van der Waals surface area contributed by atoms with E-state index in [0.29, 0.717) is 6.61 Å². The van der Waals surface area contributed by atoms with Gasteiger partial charge in [-0.25, -0.2) is 4.99 Å². The summed E-state index contributed by atoms with van der Waals surface area (Å²) in [7, 11) is 1.76. The van der Waals surface area contributed by atoms with Gasteiger partial charge < -0.3 is 9.30 Å². The molecule has 1 aliphatic rings. The van der Waals surface area contributed by atoms with Crippen LogP contribution in [-0.4, -0.2) is 17.1 Å². The van der Waals surface area contributed by atoms with Crippen LogP contribution in [-0.2, 0) is 11.8 Å². The third-order valence-electron chi connectivity index (χ3n) is 5.06. The van der Waals surface area contributed by atoms with E-state index in [2.05, 4.69) is 56.3 Å². The van der Waals surface area contributed by atoms with Crippen LogP contribution in [0.2, 0.25) is 0 Å². The lowest BCUT2D eigenvalue weighted by Gasteiger charge is -2.08. The van der Waals surface area contributed by atoms with E-state index in [1.807, 2.05) is 12.3 Å². The molecule has 0 N–H and O–H groups in total. The highest BCUT2D eigenvalue weighted by Crippen LogP contribution is 2.29. The molecule has 136 valence electrons. The molecule has 1 aliphatic heterocycles. The van der Waals surface area contributed by atoms with Gasteiger partial charge in [-0.2, -0.15) is 0 Å². The quantitative estimate of drug-likeness (QED) is 0.705. The van der Waals surface area contributed by atoms with Crippen molar-refractivity contribution in [3.63, 3.8) is 0 Å². The number of benzene rings is 2. The van der Waals surface area contributed by atoms with Crippen molar-refractivity contribution in [2.24, 2.45) is 12.0 Å². The molecule has 0 aliphatic carbocycles. The summed E-state index contributed by atoms with van der Waals surface area (Å²) in [5.74, 6) is 0.734. The zero-order valence-corrected chi connectivity index (χ0v) is 15.8. The van der Waals surface area contributed by atoms with Gasteiger partial charge >= 0.3 is 0 Å². The Labute approximate surface area is 158 Å². The van der Waals surface area contributed by atoms with Crippen LogP contribution in [0.4, 0.5) is 0 Å². The van der Waals surface area contributed by atoms with Gasteiger partial charge in [-0.1, -0.05) is 42.5 Å². The molecule has 0 saturated heterocycles. The van der Waals surface area contributed by atoms with Crippen LogP contribution in [0.5, 0.6) is 0 Å². The van der Waals surface area contributed by atoms with Crippen LogP contribution in [0.25, 0.3) is 11.1 Å². The maximum Gasteiger partial charge on any atom is 0.250 e. The third-order valence-corrected chi connectivity index (χ3v) is 5.06. The molecule has 4 rings (SSSR count). The van der Waals surface area contributed by atoms with Crippen molar-refractivity contribution in [1.29, 1.82) is 0 Å². The molecule has 0 fully saturated rings. The SMILES string of the molecule is Cc1cccc(C)c1C1=NC(c2ccc(-c3ccc(=O)n(C)c3)cc2)CO1. The van der Waals surface area contributed by atoms with Gasteiger partial charge in [-0.3, -0.25) is 4.79 Å². The van der Waals surface area contributed by atoms with Crippen LogP contribution in [0.15, 0.2) is 70.6 Å². The molecule has 0 radical (unpaired) electrons. The molecule has 2 aromatic carbocycles. The smallest absolute Gasteiger partial charge is 0.250 e. The molecule has 4 nitrogen and oxygen atoms in total. The van der Waals surface area contributed by atoms with E-state index < -0.39 is 0 Å². The van der Waals surface area contributed by atoms with Crippen LogP contribution >= 0.6 is 0 Å². The highest BCUT2D eigenvalue weighted by Gasteiger charge is 2.23. The van der Waals surface area contributed by atoms with Gasteiger partial charge in [0.2, 0.25) is 11.5 Å². The molecule has 0 spiro atoms. The molecule has 0 saturated carbocycles. The van der Waals surface area contributed by atoms with E-state index in [1.54, 1.807) is 17.7 Å². The number of aryl methyl sites for hydroxylation is 3. The van der Waals surface area contributed by atoms with E-state index in [4.69, 9.17) is 9.73 Å². The Morgan fingerprint density at radius 3 is 2.30 bits per heavy atom. The minimum atomic E-state index is -0.00756. The van der Waals surface area contributed by atoms with Crippen molar-refractivity contribution in [1.82, 2.24) is 4.57 Å². The summed E-state index contributed by atoms with van der Waals surface area (Å²) >= 11 is 0. The first-order valence-electron chi connectivity index (χ1n) is 9.07. The molecule has 1 atom stereocenters. The summed E-state index contributed by atoms with van der Waals surface area (Å²) in [6, 6.07) is 18.0. The van der Waals surface area contributed by atoms with Gasteiger partial charge in [0.05, 0.1) is 0 Å². The second-order valence-corrected chi connectivity index (χ2v) is 7.02. The van der Waals surface area contributed by atoms with E-state index in [0.717, 1.165) is 28.2 Å². The molecule has 27 heavy (non-hydrogen) atoms. The van der Waals surface area contributed by atoms with Crippen LogP contribution in [0.1, 0.15) is 28.3 Å². The van der Waals surface area contributed by atoms with E-state index in [-0.39, 0.29) is 11.6 Å². The van der Waals surface area contributed by atoms with Crippen LogP contribution < -0.4 is 5.56 Å². The Bertz CT molecular complexity index is 1060. The average Bonchev–Trinajstić information content (AvgIpc) is 3.14. The zero-order valence-electron chi connectivity index (χ0n) is 15.8. The van der Waals surface area contributed by atoms with Crippen LogP contribution in [0.3, 0.4) is 0 Å². The van der Waals surface area contributed by atoms with Gasteiger partial charge in [0, 0.05) is 24.9 Å². The highest BCUT2D eigenvalue weighted by atomic mass is 16.5. The maximum absolute atomic E-state index is 11.6. The normalized spacial score (nSPS) is 16.1. The van der Waals surface area contributed by atoms with Crippen molar-refractivity contribution in [3.8, 4) is 11.1 Å². The first kappa shape index (κ1) is 17.3. The zero-order chi connectivity index (χ0) is 19.0. The Morgan fingerprint density at radius 1 is 0.963 bits per heavy atom. The van der Waals surface area contributed by atoms with Gasteiger partial charge in [0.25, 0.3) is 0 Å². The molecule has 1 aromatic heterocycles. The lowest BCUT2D eigenvalue weighted by Crippen LogP contribution is -2.13. The molecular weight excluding hydrogens is 336 g/mol. The number of ether oxygens (including phenoxy) is 1. The highest BCUT2D eigenvalue weighted by molar-refractivity contribution is 5.98. The standard InChI is InChI=1S/C23H22N2O2/c1-15-5-4-6-16(2)22(15)23-24-20(14-27-23)18-9-7-17(8-10-18)19-11-12-21(26)25(3)13-19/h4-13,20H,14H2,1-3H3. The molecule has 0 amide bonds. The molecule has 1 unspecified atom stereocenters. The second kappa shape index (κ2) is 6.88. The molecule has 4 heteroatoms. The molecule has 3 aromatic rings. The van der Waals surface area contributed by atoms with Crippen molar-refractivity contribution >= 4 is 5.90 Å². The monoisotopic (exact) mass is 358 g/mol. The minimum absolute atomic E-state index is 0.00756. The van der Waals surface area contributed by atoms with Gasteiger partial charge in [0.1, 0.15) is 12.6 Å². The number of aromatic nitrogens is 1. The fourth-order valence-electron chi connectivity index (χ4n) is 3.50. The number of aliphatic imine (C=N–C) groups is 1. The number of pyridine rings is 1. The van der Waals surface area contributed by atoms with Crippen molar-refractivity contribution in [2.45, 2.75) is 19.9 Å². The number of hydrogen-bond acceptors (Lipinski definition) is 3. The Morgan fingerprint density at radius 2 is 1.63 bits per heavy atom. The van der Waals surface area contributed by atoms with E-state index in [9.17, 15) is 4.79 Å². The average molecular weight is 358 g/mol. The van der Waals surface area contributed by atoms with Crippen LogP contribution in [0, 0.1) is 13.8 Å². The van der Waals surface area contributed by atoms with Crippen molar-refractivity contribution < 1.29 is 4.74 Å². The number of rotatable bonds is 3. The number of hydrogen-bond donors (Lipinski definition) is 0. The Balaban J connectivity index is 1.60. The predicted octanol–water partition coefficient (Wildman–Crippen LogP) is 4.19.